The second-order valence-electron chi connectivity index (χ2n) is 3.91. The molecule has 0 bridgehead atoms. The maximum atomic E-state index is 5.24. The molecule has 0 aliphatic heterocycles. The van der Waals surface area contributed by atoms with Gasteiger partial charge in [0.1, 0.15) is 0 Å². The first-order valence-corrected chi connectivity index (χ1v) is 5.40. The van der Waals surface area contributed by atoms with Crippen LogP contribution in [-0.2, 0) is 4.74 Å². The van der Waals surface area contributed by atoms with Gasteiger partial charge in [0.15, 0.2) is 0 Å². The summed E-state index contributed by atoms with van der Waals surface area (Å²) in [5.74, 6) is 0. The SMILES string of the molecule is CCCCNCC1(COC)C=CC=C1. The van der Waals surface area contributed by atoms with E-state index < -0.39 is 0 Å². The Hall–Kier alpha value is -0.600. The molecule has 0 aromatic carbocycles. The number of hydrogen-bond donors (Lipinski definition) is 1. The van der Waals surface area contributed by atoms with E-state index in [1.165, 1.54) is 12.8 Å². The molecule has 0 aromatic rings. The van der Waals surface area contributed by atoms with Gasteiger partial charge in [-0.05, 0) is 13.0 Å². The predicted octanol–water partition coefficient (Wildman–Crippen LogP) is 2.13. The van der Waals surface area contributed by atoms with Crippen LogP contribution >= 0.6 is 0 Å². The number of nitrogens with one attached hydrogen (secondary N) is 1. The topological polar surface area (TPSA) is 21.3 Å². The molecular weight excluding hydrogens is 174 g/mol. The Bertz CT molecular complexity index is 196. The standard InChI is InChI=1S/C12H21NO/c1-3-4-9-13-10-12(11-14-2)7-5-6-8-12/h5-8,13H,3-4,9-11H2,1-2H3. The van der Waals surface area contributed by atoms with E-state index in [-0.39, 0.29) is 5.41 Å². The van der Waals surface area contributed by atoms with Gasteiger partial charge < -0.3 is 10.1 Å². The van der Waals surface area contributed by atoms with Crippen LogP contribution < -0.4 is 5.32 Å². The zero-order valence-corrected chi connectivity index (χ0v) is 9.25. The minimum atomic E-state index is 0.0997. The first-order valence-electron chi connectivity index (χ1n) is 5.40. The summed E-state index contributed by atoms with van der Waals surface area (Å²) in [6, 6.07) is 0. The number of methoxy groups -OCH3 is 1. The molecule has 1 rings (SSSR count). The Balaban J connectivity index is 2.30. The van der Waals surface area contributed by atoms with Crippen molar-refractivity contribution in [1.82, 2.24) is 5.32 Å². The Kier molecular flexibility index (Phi) is 4.91. The van der Waals surface area contributed by atoms with Gasteiger partial charge in [0.05, 0.1) is 6.61 Å². The summed E-state index contributed by atoms with van der Waals surface area (Å²) in [5.41, 5.74) is 0.0997. The summed E-state index contributed by atoms with van der Waals surface area (Å²) >= 11 is 0. The molecule has 1 aliphatic rings. The second-order valence-corrected chi connectivity index (χ2v) is 3.91. The second kappa shape index (κ2) is 5.99. The van der Waals surface area contributed by atoms with Crippen LogP contribution in [0.25, 0.3) is 0 Å². The highest BCUT2D eigenvalue weighted by Gasteiger charge is 2.25. The third kappa shape index (κ3) is 3.28. The normalized spacial score (nSPS) is 17.9. The first-order chi connectivity index (χ1) is 6.83. The molecule has 0 spiro atoms. The van der Waals surface area contributed by atoms with Crippen LogP contribution in [0.2, 0.25) is 0 Å². The fourth-order valence-electron chi connectivity index (χ4n) is 1.71. The molecule has 2 nitrogen and oxygen atoms in total. The van der Waals surface area contributed by atoms with Crippen LogP contribution in [0.4, 0.5) is 0 Å². The molecule has 14 heavy (non-hydrogen) atoms. The molecule has 0 unspecified atom stereocenters. The molecule has 1 N–H and O–H groups in total. The first kappa shape index (κ1) is 11.5. The van der Waals surface area contributed by atoms with E-state index in [2.05, 4.69) is 36.5 Å². The van der Waals surface area contributed by atoms with Gasteiger partial charge in [0.25, 0.3) is 0 Å². The van der Waals surface area contributed by atoms with Crippen molar-refractivity contribution in [2.75, 3.05) is 26.8 Å². The van der Waals surface area contributed by atoms with Gasteiger partial charge in [-0.3, -0.25) is 0 Å². The molecule has 0 atom stereocenters. The monoisotopic (exact) mass is 195 g/mol. The lowest BCUT2D eigenvalue weighted by Crippen LogP contribution is -2.34. The molecular formula is C12H21NO. The molecule has 0 amide bonds. The zero-order chi connectivity index (χ0) is 10.3. The van der Waals surface area contributed by atoms with Crippen molar-refractivity contribution in [1.29, 1.82) is 0 Å². The maximum Gasteiger partial charge on any atom is 0.0600 e. The quantitative estimate of drug-likeness (QED) is 0.628. The lowest BCUT2D eigenvalue weighted by molar-refractivity contribution is 0.137. The van der Waals surface area contributed by atoms with Crippen LogP contribution in [0.1, 0.15) is 19.8 Å². The van der Waals surface area contributed by atoms with E-state index in [1.54, 1.807) is 7.11 Å². The summed E-state index contributed by atoms with van der Waals surface area (Å²) < 4.78 is 5.24. The molecule has 0 aromatic heterocycles. The molecule has 0 saturated carbocycles. The largest absolute Gasteiger partial charge is 0.383 e. The van der Waals surface area contributed by atoms with Gasteiger partial charge in [-0.2, -0.15) is 0 Å². The van der Waals surface area contributed by atoms with E-state index in [9.17, 15) is 0 Å². The fraction of sp³-hybridized carbons (Fsp3) is 0.667. The van der Waals surface area contributed by atoms with Gasteiger partial charge in [-0.25, -0.2) is 0 Å². The van der Waals surface area contributed by atoms with Crippen LogP contribution in [0.15, 0.2) is 24.3 Å². The van der Waals surface area contributed by atoms with E-state index in [0.29, 0.717) is 0 Å². The third-order valence-electron chi connectivity index (χ3n) is 2.54. The number of hydrogen-bond acceptors (Lipinski definition) is 2. The van der Waals surface area contributed by atoms with Crippen molar-refractivity contribution in [2.24, 2.45) is 5.41 Å². The van der Waals surface area contributed by atoms with Gasteiger partial charge in [0, 0.05) is 19.1 Å². The van der Waals surface area contributed by atoms with Gasteiger partial charge in [-0.1, -0.05) is 37.6 Å². The summed E-state index contributed by atoms with van der Waals surface area (Å²) in [5, 5.41) is 3.47. The minimum absolute atomic E-state index is 0.0997. The van der Waals surface area contributed by atoms with Crippen molar-refractivity contribution in [2.45, 2.75) is 19.8 Å². The highest BCUT2D eigenvalue weighted by atomic mass is 16.5. The van der Waals surface area contributed by atoms with E-state index >= 15 is 0 Å². The van der Waals surface area contributed by atoms with Crippen molar-refractivity contribution in [3.05, 3.63) is 24.3 Å². The van der Waals surface area contributed by atoms with Crippen molar-refractivity contribution in [3.8, 4) is 0 Å². The van der Waals surface area contributed by atoms with E-state index in [4.69, 9.17) is 4.74 Å². The van der Waals surface area contributed by atoms with Crippen molar-refractivity contribution in [3.63, 3.8) is 0 Å². The predicted molar refractivity (Wildman–Crippen MR) is 60.4 cm³/mol. The Morgan fingerprint density at radius 3 is 2.57 bits per heavy atom. The third-order valence-corrected chi connectivity index (χ3v) is 2.54. The highest BCUT2D eigenvalue weighted by molar-refractivity contribution is 5.25. The summed E-state index contributed by atoms with van der Waals surface area (Å²) in [6.07, 6.45) is 11.1. The lowest BCUT2D eigenvalue weighted by atomic mass is 9.91. The number of allylic oxidation sites excluding steroid dienone is 2. The molecule has 0 radical (unpaired) electrons. The highest BCUT2D eigenvalue weighted by Crippen LogP contribution is 2.25. The summed E-state index contributed by atoms with van der Waals surface area (Å²) in [4.78, 5) is 0. The van der Waals surface area contributed by atoms with Gasteiger partial charge in [-0.15, -0.1) is 0 Å². The molecule has 0 fully saturated rings. The van der Waals surface area contributed by atoms with E-state index in [0.717, 1.165) is 19.7 Å². The van der Waals surface area contributed by atoms with Gasteiger partial charge >= 0.3 is 0 Å². The average molecular weight is 195 g/mol. The molecule has 2 heteroatoms. The number of rotatable bonds is 7. The molecule has 80 valence electrons. The van der Waals surface area contributed by atoms with Crippen molar-refractivity contribution >= 4 is 0 Å². The number of ether oxygens (including phenoxy) is 1. The summed E-state index contributed by atoms with van der Waals surface area (Å²) in [7, 11) is 1.76. The Morgan fingerprint density at radius 2 is 2.00 bits per heavy atom. The fourth-order valence-corrected chi connectivity index (χ4v) is 1.71. The van der Waals surface area contributed by atoms with Crippen LogP contribution in [0.5, 0.6) is 0 Å². The van der Waals surface area contributed by atoms with Crippen LogP contribution in [-0.4, -0.2) is 26.8 Å². The van der Waals surface area contributed by atoms with E-state index in [1.807, 2.05) is 0 Å². The summed E-state index contributed by atoms with van der Waals surface area (Å²) in [6.45, 7) is 5.05. The van der Waals surface area contributed by atoms with Crippen LogP contribution in [0, 0.1) is 5.41 Å². The van der Waals surface area contributed by atoms with Crippen molar-refractivity contribution < 1.29 is 4.74 Å². The molecule has 0 heterocycles. The zero-order valence-electron chi connectivity index (χ0n) is 9.25. The Morgan fingerprint density at radius 1 is 1.29 bits per heavy atom. The maximum absolute atomic E-state index is 5.24. The average Bonchev–Trinajstić information content (AvgIpc) is 2.63. The molecule has 0 saturated heterocycles. The smallest absolute Gasteiger partial charge is 0.0600 e. The van der Waals surface area contributed by atoms with Crippen LogP contribution in [0.3, 0.4) is 0 Å². The van der Waals surface area contributed by atoms with Gasteiger partial charge in [0.2, 0.25) is 0 Å². The minimum Gasteiger partial charge on any atom is -0.383 e. The molecule has 1 aliphatic carbocycles. The number of unbranched alkanes of at least 4 members (excludes halogenated alkanes) is 1. The Labute approximate surface area is 87.0 Å². The lowest BCUT2D eigenvalue weighted by Gasteiger charge is -2.24.